The van der Waals surface area contributed by atoms with Crippen LogP contribution in [0, 0.1) is 0 Å². The van der Waals surface area contributed by atoms with Crippen molar-refractivity contribution in [2.45, 2.75) is 45.0 Å². The van der Waals surface area contributed by atoms with Crippen molar-refractivity contribution in [1.82, 2.24) is 10.0 Å². The Morgan fingerprint density at radius 1 is 1.08 bits per heavy atom. The number of benzene rings is 2. The SMILES string of the molecule is CC1(C)CC(=O)N([C@@H]2CC(c3ccccc3)=NO2)N1Cc1ccccc1. The highest BCUT2D eigenvalue weighted by atomic mass is 16.7. The van der Waals surface area contributed by atoms with Gasteiger partial charge in [-0.3, -0.25) is 4.79 Å². The Bertz CT molecular complexity index is 818. The molecule has 0 aliphatic carbocycles. The average molecular weight is 349 g/mol. The van der Waals surface area contributed by atoms with Gasteiger partial charge in [-0.15, -0.1) is 0 Å². The lowest BCUT2D eigenvalue weighted by atomic mass is 10.0. The molecular weight excluding hydrogens is 326 g/mol. The van der Waals surface area contributed by atoms with Gasteiger partial charge in [0, 0.05) is 18.5 Å². The van der Waals surface area contributed by atoms with Crippen LogP contribution in [0.3, 0.4) is 0 Å². The molecule has 0 unspecified atom stereocenters. The van der Waals surface area contributed by atoms with Crippen molar-refractivity contribution in [3.8, 4) is 0 Å². The Hall–Kier alpha value is -2.66. The fourth-order valence-corrected chi connectivity index (χ4v) is 3.63. The number of hydrogen-bond acceptors (Lipinski definition) is 4. The maximum absolute atomic E-state index is 12.8. The molecule has 0 saturated carbocycles. The van der Waals surface area contributed by atoms with Crippen LogP contribution < -0.4 is 0 Å². The Labute approximate surface area is 153 Å². The first-order valence-corrected chi connectivity index (χ1v) is 8.96. The van der Waals surface area contributed by atoms with E-state index in [1.165, 1.54) is 5.56 Å². The van der Waals surface area contributed by atoms with E-state index in [9.17, 15) is 4.79 Å². The fourth-order valence-electron chi connectivity index (χ4n) is 3.63. The Kier molecular flexibility index (Phi) is 4.24. The zero-order valence-corrected chi connectivity index (χ0v) is 15.1. The van der Waals surface area contributed by atoms with E-state index in [-0.39, 0.29) is 17.7 Å². The monoisotopic (exact) mass is 349 g/mol. The van der Waals surface area contributed by atoms with Crippen LogP contribution in [0.4, 0.5) is 0 Å². The van der Waals surface area contributed by atoms with Gasteiger partial charge in [0.1, 0.15) is 0 Å². The molecule has 4 rings (SSSR count). The Morgan fingerprint density at radius 3 is 2.42 bits per heavy atom. The third-order valence-electron chi connectivity index (χ3n) is 5.01. The first-order chi connectivity index (χ1) is 12.5. The molecule has 134 valence electrons. The number of nitrogens with zero attached hydrogens (tertiary/aromatic N) is 3. The maximum atomic E-state index is 12.8. The van der Waals surface area contributed by atoms with Crippen LogP contribution in [0.15, 0.2) is 65.8 Å². The molecule has 2 aliphatic heterocycles. The second-order valence-corrected chi connectivity index (χ2v) is 7.44. The van der Waals surface area contributed by atoms with Crippen molar-refractivity contribution in [2.75, 3.05) is 0 Å². The van der Waals surface area contributed by atoms with E-state index in [0.29, 0.717) is 19.4 Å². The number of amides is 1. The summed E-state index contributed by atoms with van der Waals surface area (Å²) in [7, 11) is 0. The second kappa shape index (κ2) is 6.57. The summed E-state index contributed by atoms with van der Waals surface area (Å²) in [5, 5.41) is 8.15. The molecule has 26 heavy (non-hydrogen) atoms. The molecule has 5 nitrogen and oxygen atoms in total. The fraction of sp³-hybridized carbons (Fsp3) is 0.333. The number of rotatable bonds is 4. The van der Waals surface area contributed by atoms with Gasteiger partial charge < -0.3 is 4.84 Å². The molecule has 2 heterocycles. The summed E-state index contributed by atoms with van der Waals surface area (Å²) in [4.78, 5) is 18.5. The Balaban J connectivity index is 1.55. The highest BCUT2D eigenvalue weighted by molar-refractivity contribution is 6.01. The second-order valence-electron chi connectivity index (χ2n) is 7.44. The van der Waals surface area contributed by atoms with Crippen LogP contribution in [0.1, 0.15) is 37.8 Å². The van der Waals surface area contributed by atoms with Gasteiger partial charge >= 0.3 is 0 Å². The molecule has 2 aromatic carbocycles. The third-order valence-corrected chi connectivity index (χ3v) is 5.01. The highest BCUT2D eigenvalue weighted by Crippen LogP contribution is 2.35. The zero-order valence-electron chi connectivity index (χ0n) is 15.1. The lowest BCUT2D eigenvalue weighted by Gasteiger charge is -2.38. The third kappa shape index (κ3) is 3.10. The van der Waals surface area contributed by atoms with Crippen LogP contribution >= 0.6 is 0 Å². The molecule has 0 N–H and O–H groups in total. The smallest absolute Gasteiger partial charge is 0.242 e. The minimum absolute atomic E-state index is 0.0837. The molecule has 1 saturated heterocycles. The van der Waals surface area contributed by atoms with Crippen molar-refractivity contribution in [3.63, 3.8) is 0 Å². The quantitative estimate of drug-likeness (QED) is 0.848. The topological polar surface area (TPSA) is 45.1 Å². The standard InChI is InChI=1S/C21H23N3O2/c1-21(2)14-19(25)24(23(21)15-16-9-5-3-6-10-16)20-13-18(22-26-20)17-11-7-4-8-12-17/h3-12,20H,13-15H2,1-2H3/t20-/m0/s1. The van der Waals surface area contributed by atoms with Gasteiger partial charge in [0.2, 0.25) is 12.1 Å². The lowest BCUT2D eigenvalue weighted by molar-refractivity contribution is -0.178. The van der Waals surface area contributed by atoms with E-state index in [1.807, 2.05) is 48.5 Å². The van der Waals surface area contributed by atoms with E-state index in [1.54, 1.807) is 5.01 Å². The van der Waals surface area contributed by atoms with Gasteiger partial charge in [-0.25, -0.2) is 10.0 Å². The maximum Gasteiger partial charge on any atom is 0.242 e. The van der Waals surface area contributed by atoms with Crippen LogP contribution in [0.25, 0.3) is 0 Å². The summed E-state index contributed by atoms with van der Waals surface area (Å²) >= 11 is 0. The Morgan fingerprint density at radius 2 is 1.73 bits per heavy atom. The predicted molar refractivity (Wildman–Crippen MR) is 100.0 cm³/mol. The van der Waals surface area contributed by atoms with Crippen LogP contribution in [0.2, 0.25) is 0 Å². The van der Waals surface area contributed by atoms with E-state index in [0.717, 1.165) is 11.3 Å². The molecule has 0 bridgehead atoms. The van der Waals surface area contributed by atoms with Gasteiger partial charge in [0.05, 0.1) is 12.1 Å². The van der Waals surface area contributed by atoms with Gasteiger partial charge in [-0.2, -0.15) is 0 Å². The molecule has 1 amide bonds. The molecule has 0 radical (unpaired) electrons. The summed E-state index contributed by atoms with van der Waals surface area (Å²) in [5.74, 6) is 0.0837. The molecule has 2 aliphatic rings. The summed E-state index contributed by atoms with van der Waals surface area (Å²) in [5.41, 5.74) is 2.83. The van der Waals surface area contributed by atoms with Crippen molar-refractivity contribution < 1.29 is 9.63 Å². The molecular formula is C21H23N3O2. The molecule has 5 heteroatoms. The summed E-state index contributed by atoms with van der Waals surface area (Å²) in [6, 6.07) is 20.2. The minimum Gasteiger partial charge on any atom is -0.368 e. The molecule has 1 fully saturated rings. The van der Waals surface area contributed by atoms with Gasteiger partial charge in [0.15, 0.2) is 0 Å². The first-order valence-electron chi connectivity index (χ1n) is 8.96. The number of carbonyl (C=O) groups is 1. The van der Waals surface area contributed by atoms with Crippen molar-refractivity contribution in [2.24, 2.45) is 5.16 Å². The number of hydrogen-bond donors (Lipinski definition) is 0. The zero-order chi connectivity index (χ0) is 18.1. The molecule has 0 spiro atoms. The van der Waals surface area contributed by atoms with Crippen LogP contribution in [0.5, 0.6) is 0 Å². The summed E-state index contributed by atoms with van der Waals surface area (Å²) < 4.78 is 0. The van der Waals surface area contributed by atoms with E-state index in [4.69, 9.17) is 4.84 Å². The predicted octanol–water partition coefficient (Wildman–Crippen LogP) is 3.57. The summed E-state index contributed by atoms with van der Waals surface area (Å²) in [6.07, 6.45) is 0.681. The minimum atomic E-state index is -0.386. The van der Waals surface area contributed by atoms with Gasteiger partial charge in [0.25, 0.3) is 0 Å². The normalized spacial score (nSPS) is 22.4. The van der Waals surface area contributed by atoms with Crippen molar-refractivity contribution in [1.29, 1.82) is 0 Å². The number of carbonyl (C=O) groups excluding carboxylic acids is 1. The van der Waals surface area contributed by atoms with Crippen molar-refractivity contribution in [3.05, 3.63) is 71.8 Å². The van der Waals surface area contributed by atoms with E-state index < -0.39 is 0 Å². The average Bonchev–Trinajstić information content (AvgIpc) is 3.19. The molecule has 2 aromatic rings. The summed E-state index contributed by atoms with van der Waals surface area (Å²) in [6.45, 7) is 4.86. The first kappa shape index (κ1) is 16.8. The number of hydrazine groups is 1. The van der Waals surface area contributed by atoms with E-state index in [2.05, 4.69) is 36.1 Å². The number of oxime groups is 1. The van der Waals surface area contributed by atoms with Crippen LogP contribution in [-0.4, -0.2) is 33.4 Å². The van der Waals surface area contributed by atoms with Gasteiger partial charge in [-0.1, -0.05) is 65.8 Å². The molecule has 1 atom stereocenters. The van der Waals surface area contributed by atoms with Crippen molar-refractivity contribution >= 4 is 11.6 Å². The highest BCUT2D eigenvalue weighted by Gasteiger charge is 2.48. The van der Waals surface area contributed by atoms with Crippen LogP contribution in [-0.2, 0) is 16.2 Å². The molecule has 0 aromatic heterocycles. The van der Waals surface area contributed by atoms with Gasteiger partial charge in [-0.05, 0) is 25.0 Å². The largest absolute Gasteiger partial charge is 0.368 e. The lowest BCUT2D eigenvalue weighted by Crippen LogP contribution is -2.51. The van der Waals surface area contributed by atoms with E-state index >= 15 is 0 Å².